The minimum Gasteiger partial charge on any atom is -0.493 e. The summed E-state index contributed by atoms with van der Waals surface area (Å²) < 4.78 is 11.6. The van der Waals surface area contributed by atoms with Crippen LogP contribution in [0.1, 0.15) is 16.7 Å². The normalized spacial score (nSPS) is 11.1. The van der Waals surface area contributed by atoms with Gasteiger partial charge in [-0.15, -0.1) is 0 Å². The number of aryl methyl sites for hydroxylation is 1. The van der Waals surface area contributed by atoms with Gasteiger partial charge in [-0.05, 0) is 70.8 Å². The molecule has 0 heterocycles. The van der Waals surface area contributed by atoms with Gasteiger partial charge in [0.15, 0.2) is 11.5 Å². The predicted octanol–water partition coefficient (Wildman–Crippen LogP) is 6.93. The highest BCUT2D eigenvalue weighted by Gasteiger charge is 2.13. The van der Waals surface area contributed by atoms with Gasteiger partial charge in [0.05, 0.1) is 7.11 Å². The number of carbonyl (C=O) groups excluding carboxylic acids is 1. The van der Waals surface area contributed by atoms with Crippen LogP contribution < -0.4 is 14.8 Å². The van der Waals surface area contributed by atoms with Crippen molar-refractivity contribution in [3.63, 3.8) is 0 Å². The summed E-state index contributed by atoms with van der Waals surface area (Å²) in [5, 5.41) is 15.2. The van der Waals surface area contributed by atoms with Crippen LogP contribution in [0.5, 0.6) is 11.5 Å². The standard InChI is InChI=1S/C29H23ClN2O3/c1-19-14-24(30)11-12-26(19)32-29(33)23(17-31)15-20-10-13-27(28(16-20)34-2)35-18-22-8-5-7-21-6-3-4-9-25(21)22/h3-16H,18H2,1-2H3,(H,32,33)/b23-15+. The molecule has 1 N–H and O–H groups in total. The monoisotopic (exact) mass is 482 g/mol. The van der Waals surface area contributed by atoms with E-state index in [1.807, 2.05) is 37.3 Å². The SMILES string of the molecule is COc1cc(/C=C(\C#N)C(=O)Nc2ccc(Cl)cc2C)ccc1OCc1cccc2ccccc12. The molecule has 0 aromatic heterocycles. The van der Waals surface area contributed by atoms with Gasteiger partial charge in [0.25, 0.3) is 5.91 Å². The number of hydrogen-bond donors (Lipinski definition) is 1. The molecule has 0 unspecified atom stereocenters. The van der Waals surface area contributed by atoms with E-state index in [0.29, 0.717) is 34.4 Å². The first-order valence-electron chi connectivity index (χ1n) is 11.0. The Kier molecular flexibility index (Phi) is 7.35. The second-order valence-electron chi connectivity index (χ2n) is 7.92. The largest absolute Gasteiger partial charge is 0.493 e. The highest BCUT2D eigenvalue weighted by atomic mass is 35.5. The summed E-state index contributed by atoms with van der Waals surface area (Å²) in [4.78, 5) is 12.7. The fourth-order valence-corrected chi connectivity index (χ4v) is 3.97. The summed E-state index contributed by atoms with van der Waals surface area (Å²) in [6.07, 6.45) is 1.51. The molecule has 0 aliphatic carbocycles. The lowest BCUT2D eigenvalue weighted by atomic mass is 10.1. The molecule has 4 rings (SSSR count). The number of hydrogen-bond acceptors (Lipinski definition) is 4. The van der Waals surface area contributed by atoms with E-state index >= 15 is 0 Å². The van der Waals surface area contributed by atoms with Crippen molar-refractivity contribution in [2.75, 3.05) is 12.4 Å². The Morgan fingerprint density at radius 1 is 1.03 bits per heavy atom. The van der Waals surface area contributed by atoms with Crippen LogP contribution in [0, 0.1) is 18.3 Å². The number of nitrogens with one attached hydrogen (secondary N) is 1. The predicted molar refractivity (Wildman–Crippen MR) is 140 cm³/mol. The van der Waals surface area contributed by atoms with E-state index in [2.05, 4.69) is 23.5 Å². The van der Waals surface area contributed by atoms with Crippen LogP contribution in [-0.4, -0.2) is 13.0 Å². The Morgan fingerprint density at radius 2 is 1.83 bits per heavy atom. The average Bonchev–Trinajstić information content (AvgIpc) is 2.87. The second-order valence-corrected chi connectivity index (χ2v) is 8.36. The Morgan fingerprint density at radius 3 is 2.60 bits per heavy atom. The van der Waals surface area contributed by atoms with Crippen molar-refractivity contribution in [1.82, 2.24) is 0 Å². The molecular weight excluding hydrogens is 460 g/mol. The number of amides is 1. The van der Waals surface area contributed by atoms with Gasteiger partial charge >= 0.3 is 0 Å². The van der Waals surface area contributed by atoms with Gasteiger partial charge in [0.1, 0.15) is 18.2 Å². The molecule has 4 aromatic rings. The third-order valence-corrected chi connectivity index (χ3v) is 5.80. The van der Waals surface area contributed by atoms with Crippen LogP contribution in [0.15, 0.2) is 84.4 Å². The second kappa shape index (κ2) is 10.8. The molecule has 0 aliphatic rings. The molecular formula is C29H23ClN2O3. The van der Waals surface area contributed by atoms with Gasteiger partial charge in [0, 0.05) is 10.7 Å². The third kappa shape index (κ3) is 5.63. The average molecular weight is 483 g/mol. The first kappa shape index (κ1) is 23.9. The molecule has 6 heteroatoms. The minimum absolute atomic E-state index is 0.0363. The van der Waals surface area contributed by atoms with Gasteiger partial charge in [-0.25, -0.2) is 0 Å². The molecule has 1 amide bonds. The highest BCUT2D eigenvalue weighted by Crippen LogP contribution is 2.31. The van der Waals surface area contributed by atoms with E-state index < -0.39 is 5.91 Å². The molecule has 0 bridgehead atoms. The molecule has 0 saturated carbocycles. The molecule has 4 aromatic carbocycles. The lowest BCUT2D eigenvalue weighted by Crippen LogP contribution is -2.14. The summed E-state index contributed by atoms with van der Waals surface area (Å²) in [6.45, 7) is 2.21. The number of nitriles is 1. The lowest BCUT2D eigenvalue weighted by Gasteiger charge is -2.13. The summed E-state index contributed by atoms with van der Waals surface area (Å²) in [6, 6.07) is 26.6. The minimum atomic E-state index is -0.506. The van der Waals surface area contributed by atoms with Gasteiger partial charge in [-0.1, -0.05) is 60.1 Å². The van der Waals surface area contributed by atoms with Crippen molar-refractivity contribution in [3.05, 3.63) is 106 Å². The summed E-state index contributed by atoms with van der Waals surface area (Å²) >= 11 is 5.98. The van der Waals surface area contributed by atoms with Crippen LogP contribution in [0.25, 0.3) is 16.8 Å². The molecule has 0 radical (unpaired) electrons. The smallest absolute Gasteiger partial charge is 0.266 e. The maximum absolute atomic E-state index is 12.7. The molecule has 0 saturated heterocycles. The van der Waals surface area contributed by atoms with Crippen molar-refractivity contribution in [3.8, 4) is 17.6 Å². The fraction of sp³-hybridized carbons (Fsp3) is 0.103. The first-order valence-corrected chi connectivity index (χ1v) is 11.3. The van der Waals surface area contributed by atoms with Crippen LogP contribution >= 0.6 is 11.6 Å². The number of fused-ring (bicyclic) bond motifs is 1. The third-order valence-electron chi connectivity index (χ3n) is 5.56. The zero-order chi connectivity index (χ0) is 24.8. The Hall–Kier alpha value is -4.27. The summed E-state index contributed by atoms with van der Waals surface area (Å²) in [5.74, 6) is 0.565. The maximum atomic E-state index is 12.7. The number of benzene rings is 4. The van der Waals surface area contributed by atoms with Crippen LogP contribution in [0.4, 0.5) is 5.69 Å². The lowest BCUT2D eigenvalue weighted by molar-refractivity contribution is -0.112. The van der Waals surface area contributed by atoms with Crippen molar-refractivity contribution in [1.29, 1.82) is 5.26 Å². The van der Waals surface area contributed by atoms with E-state index in [1.54, 1.807) is 43.5 Å². The molecule has 0 fully saturated rings. The van der Waals surface area contributed by atoms with E-state index in [0.717, 1.165) is 21.9 Å². The van der Waals surface area contributed by atoms with E-state index in [-0.39, 0.29) is 5.57 Å². The van der Waals surface area contributed by atoms with Gasteiger partial charge in [-0.2, -0.15) is 5.26 Å². The van der Waals surface area contributed by atoms with Gasteiger partial charge in [-0.3, -0.25) is 4.79 Å². The number of nitrogens with zero attached hydrogens (tertiary/aromatic N) is 1. The summed E-state index contributed by atoms with van der Waals surface area (Å²) in [7, 11) is 1.55. The topological polar surface area (TPSA) is 71.3 Å². The zero-order valence-electron chi connectivity index (χ0n) is 19.3. The molecule has 5 nitrogen and oxygen atoms in total. The number of halogens is 1. The Balaban J connectivity index is 1.52. The van der Waals surface area contributed by atoms with Crippen molar-refractivity contribution >= 4 is 40.0 Å². The number of rotatable bonds is 7. The van der Waals surface area contributed by atoms with Crippen LogP contribution in [-0.2, 0) is 11.4 Å². The van der Waals surface area contributed by atoms with Crippen molar-refractivity contribution < 1.29 is 14.3 Å². The molecule has 35 heavy (non-hydrogen) atoms. The fourth-order valence-electron chi connectivity index (χ4n) is 3.74. The first-order chi connectivity index (χ1) is 17.0. The van der Waals surface area contributed by atoms with Gasteiger partial charge in [0.2, 0.25) is 0 Å². The Labute approximate surface area is 209 Å². The van der Waals surface area contributed by atoms with E-state index in [9.17, 15) is 10.1 Å². The Bertz CT molecular complexity index is 1470. The molecule has 174 valence electrons. The van der Waals surface area contributed by atoms with Crippen LogP contribution in [0.3, 0.4) is 0 Å². The highest BCUT2D eigenvalue weighted by molar-refractivity contribution is 6.30. The van der Waals surface area contributed by atoms with Crippen molar-refractivity contribution in [2.45, 2.75) is 13.5 Å². The number of ether oxygens (including phenoxy) is 2. The number of carbonyl (C=O) groups is 1. The molecule has 0 aliphatic heterocycles. The molecule has 0 atom stereocenters. The van der Waals surface area contributed by atoms with Gasteiger partial charge < -0.3 is 14.8 Å². The van der Waals surface area contributed by atoms with E-state index in [1.165, 1.54) is 6.08 Å². The number of anilines is 1. The summed E-state index contributed by atoms with van der Waals surface area (Å²) in [5.41, 5.74) is 3.06. The number of methoxy groups -OCH3 is 1. The zero-order valence-corrected chi connectivity index (χ0v) is 20.1. The van der Waals surface area contributed by atoms with Crippen molar-refractivity contribution in [2.24, 2.45) is 0 Å². The van der Waals surface area contributed by atoms with E-state index in [4.69, 9.17) is 21.1 Å². The quantitative estimate of drug-likeness (QED) is 0.229. The van der Waals surface area contributed by atoms with Crippen LogP contribution in [0.2, 0.25) is 5.02 Å². The maximum Gasteiger partial charge on any atom is 0.266 e. The molecule has 0 spiro atoms.